The summed E-state index contributed by atoms with van der Waals surface area (Å²) < 4.78 is 11.3. The van der Waals surface area contributed by atoms with E-state index in [0.717, 1.165) is 23.5 Å². The van der Waals surface area contributed by atoms with Crippen LogP contribution in [-0.4, -0.2) is 15.5 Å². The topological polar surface area (TPSA) is 29.1 Å². The Bertz CT molecular complexity index is 215. The van der Waals surface area contributed by atoms with Crippen molar-refractivity contribution in [1.29, 1.82) is 0 Å². The van der Waals surface area contributed by atoms with Crippen molar-refractivity contribution < 1.29 is 4.21 Å². The molecule has 0 aromatic heterocycles. The van der Waals surface area contributed by atoms with Gasteiger partial charge in [-0.2, -0.15) is 0 Å². The van der Waals surface area contributed by atoms with Crippen LogP contribution < -0.4 is 5.32 Å². The first kappa shape index (κ1) is 9.78. The van der Waals surface area contributed by atoms with Gasteiger partial charge in [-0.05, 0) is 33.6 Å². The maximum Gasteiger partial charge on any atom is 0.0502 e. The van der Waals surface area contributed by atoms with Gasteiger partial charge in [-0.15, -0.1) is 0 Å². The second-order valence-electron chi connectivity index (χ2n) is 4.16. The second-order valence-corrected chi connectivity index (χ2v) is 5.78. The van der Waals surface area contributed by atoms with E-state index in [9.17, 15) is 4.21 Å². The van der Waals surface area contributed by atoms with Crippen LogP contribution in [0.25, 0.3) is 0 Å². The Morgan fingerprint density at radius 1 is 1.50 bits per heavy atom. The van der Waals surface area contributed by atoms with Crippen LogP contribution in [0.5, 0.6) is 0 Å². The van der Waals surface area contributed by atoms with E-state index in [0.29, 0.717) is 0 Å². The second kappa shape index (κ2) is 3.60. The highest BCUT2D eigenvalue weighted by Crippen LogP contribution is 2.19. The van der Waals surface area contributed by atoms with Crippen LogP contribution >= 0.6 is 0 Å². The largest absolute Gasteiger partial charge is 0.386 e. The van der Waals surface area contributed by atoms with Crippen molar-refractivity contribution in [1.82, 2.24) is 5.32 Å². The molecule has 1 N–H and O–H groups in total. The lowest BCUT2D eigenvalue weighted by Crippen LogP contribution is -2.31. The molecule has 70 valence electrons. The van der Waals surface area contributed by atoms with Crippen molar-refractivity contribution in [2.75, 3.05) is 5.75 Å². The molecule has 0 aromatic carbocycles. The highest BCUT2D eigenvalue weighted by molar-refractivity contribution is 7.89. The summed E-state index contributed by atoms with van der Waals surface area (Å²) in [6, 6.07) is 0. The minimum atomic E-state index is -0.697. The van der Waals surface area contributed by atoms with E-state index in [1.807, 2.05) is 6.20 Å². The highest BCUT2D eigenvalue weighted by Gasteiger charge is 2.16. The quantitative estimate of drug-likeness (QED) is 0.677. The SMILES string of the molecule is CC(C)(C)N/C=C1/CCCS1=O. The molecule has 1 atom stereocenters. The van der Waals surface area contributed by atoms with Crippen LogP contribution in [0.2, 0.25) is 0 Å². The first-order valence-corrected chi connectivity index (χ1v) is 5.66. The average molecular weight is 187 g/mol. The minimum Gasteiger partial charge on any atom is -0.386 e. The number of hydrogen-bond acceptors (Lipinski definition) is 2. The molecule has 12 heavy (non-hydrogen) atoms. The molecule has 0 bridgehead atoms. The Kier molecular flexibility index (Phi) is 2.94. The molecular weight excluding hydrogens is 170 g/mol. The van der Waals surface area contributed by atoms with Gasteiger partial charge in [0.05, 0.1) is 10.8 Å². The fourth-order valence-corrected chi connectivity index (χ4v) is 2.29. The molecule has 0 aliphatic carbocycles. The summed E-state index contributed by atoms with van der Waals surface area (Å²) in [5.74, 6) is 0.845. The molecule has 0 saturated carbocycles. The summed E-state index contributed by atoms with van der Waals surface area (Å²) in [5, 5.41) is 3.24. The predicted octanol–water partition coefficient (Wildman–Crippen LogP) is 1.76. The molecule has 3 heteroatoms. The van der Waals surface area contributed by atoms with Gasteiger partial charge in [-0.25, -0.2) is 0 Å². The molecule has 1 unspecified atom stereocenters. The predicted molar refractivity (Wildman–Crippen MR) is 53.2 cm³/mol. The molecule has 1 rings (SSSR count). The first-order chi connectivity index (χ1) is 5.49. The van der Waals surface area contributed by atoms with Gasteiger partial charge in [0, 0.05) is 22.4 Å². The molecule has 1 aliphatic heterocycles. The summed E-state index contributed by atoms with van der Waals surface area (Å²) in [6.45, 7) is 6.30. The van der Waals surface area contributed by atoms with E-state index in [1.165, 1.54) is 0 Å². The van der Waals surface area contributed by atoms with Crippen LogP contribution in [0.4, 0.5) is 0 Å². The standard InChI is InChI=1S/C9H17NOS/c1-9(2,3)10-7-8-5-4-6-12(8)11/h7,10H,4-6H2,1-3H3/b8-7-. The maximum absolute atomic E-state index is 11.3. The van der Waals surface area contributed by atoms with Crippen molar-refractivity contribution in [2.45, 2.75) is 39.2 Å². The lowest BCUT2D eigenvalue weighted by atomic mass is 10.1. The molecule has 0 aromatic rings. The van der Waals surface area contributed by atoms with E-state index in [2.05, 4.69) is 26.1 Å². The average Bonchev–Trinajstić information content (AvgIpc) is 2.29. The Morgan fingerprint density at radius 3 is 2.58 bits per heavy atom. The van der Waals surface area contributed by atoms with Gasteiger partial charge in [-0.1, -0.05) is 0 Å². The van der Waals surface area contributed by atoms with Crippen molar-refractivity contribution >= 4 is 10.8 Å². The normalized spacial score (nSPS) is 27.9. The lowest BCUT2D eigenvalue weighted by molar-refractivity contribution is 0.490. The van der Waals surface area contributed by atoms with Gasteiger partial charge in [0.1, 0.15) is 0 Å². The minimum absolute atomic E-state index is 0.0831. The van der Waals surface area contributed by atoms with Crippen LogP contribution in [0.1, 0.15) is 33.6 Å². The molecule has 1 aliphatic rings. The number of rotatable bonds is 1. The van der Waals surface area contributed by atoms with E-state index in [-0.39, 0.29) is 5.54 Å². The maximum atomic E-state index is 11.3. The van der Waals surface area contributed by atoms with E-state index in [1.54, 1.807) is 0 Å². The van der Waals surface area contributed by atoms with E-state index < -0.39 is 10.8 Å². The van der Waals surface area contributed by atoms with Crippen molar-refractivity contribution in [3.63, 3.8) is 0 Å². The molecule has 1 heterocycles. The van der Waals surface area contributed by atoms with Gasteiger partial charge in [0.25, 0.3) is 0 Å². The third kappa shape index (κ3) is 2.97. The van der Waals surface area contributed by atoms with Crippen molar-refractivity contribution in [2.24, 2.45) is 0 Å². The molecule has 1 fully saturated rings. The van der Waals surface area contributed by atoms with Crippen molar-refractivity contribution in [3.8, 4) is 0 Å². The van der Waals surface area contributed by atoms with Gasteiger partial charge >= 0.3 is 0 Å². The van der Waals surface area contributed by atoms with Crippen LogP contribution in [0, 0.1) is 0 Å². The zero-order valence-corrected chi connectivity index (χ0v) is 8.83. The summed E-state index contributed by atoms with van der Waals surface area (Å²) in [5.41, 5.74) is 0.0831. The molecule has 2 nitrogen and oxygen atoms in total. The van der Waals surface area contributed by atoms with Crippen LogP contribution in [0.3, 0.4) is 0 Å². The molecular formula is C9H17NOS. The zero-order valence-electron chi connectivity index (χ0n) is 8.02. The molecule has 1 saturated heterocycles. The fourth-order valence-electron chi connectivity index (χ4n) is 1.06. The van der Waals surface area contributed by atoms with Crippen molar-refractivity contribution in [3.05, 3.63) is 11.1 Å². The van der Waals surface area contributed by atoms with Gasteiger partial charge in [0.2, 0.25) is 0 Å². The Labute approximate surface area is 76.9 Å². The molecule has 0 spiro atoms. The summed E-state index contributed by atoms with van der Waals surface area (Å²) in [7, 11) is -0.697. The van der Waals surface area contributed by atoms with Gasteiger partial charge in [0.15, 0.2) is 0 Å². The molecule has 0 amide bonds. The Morgan fingerprint density at radius 2 is 2.17 bits per heavy atom. The summed E-state index contributed by atoms with van der Waals surface area (Å²) >= 11 is 0. The third-order valence-electron chi connectivity index (χ3n) is 1.71. The monoisotopic (exact) mass is 187 g/mol. The zero-order chi connectivity index (χ0) is 9.19. The van der Waals surface area contributed by atoms with Crippen LogP contribution in [0.15, 0.2) is 11.1 Å². The lowest BCUT2D eigenvalue weighted by Gasteiger charge is -2.19. The van der Waals surface area contributed by atoms with Gasteiger partial charge in [-0.3, -0.25) is 4.21 Å². The summed E-state index contributed by atoms with van der Waals surface area (Å²) in [4.78, 5) is 1.07. The van der Waals surface area contributed by atoms with Gasteiger partial charge < -0.3 is 5.32 Å². The molecule has 0 radical (unpaired) electrons. The Hall–Kier alpha value is -0.310. The van der Waals surface area contributed by atoms with E-state index >= 15 is 0 Å². The summed E-state index contributed by atoms with van der Waals surface area (Å²) in [6.07, 6.45) is 4.00. The third-order valence-corrected chi connectivity index (χ3v) is 3.28. The smallest absolute Gasteiger partial charge is 0.0502 e. The number of hydrogen-bond donors (Lipinski definition) is 1. The fraction of sp³-hybridized carbons (Fsp3) is 0.778. The first-order valence-electron chi connectivity index (χ1n) is 4.34. The van der Waals surface area contributed by atoms with E-state index in [4.69, 9.17) is 0 Å². The van der Waals surface area contributed by atoms with Crippen LogP contribution in [-0.2, 0) is 10.8 Å². The number of nitrogens with one attached hydrogen (secondary N) is 1. The highest BCUT2D eigenvalue weighted by atomic mass is 32.2. The number of allylic oxidation sites excluding steroid dienone is 1. The Balaban J connectivity index is 2.52.